The van der Waals surface area contributed by atoms with Crippen molar-refractivity contribution in [1.29, 1.82) is 0 Å². The third-order valence-electron chi connectivity index (χ3n) is 6.37. The van der Waals surface area contributed by atoms with Crippen LogP contribution in [0.2, 0.25) is 0 Å². The zero-order chi connectivity index (χ0) is 26.8. The van der Waals surface area contributed by atoms with Crippen molar-refractivity contribution in [2.75, 3.05) is 23.4 Å². The minimum Gasteiger partial charge on any atom is -0.493 e. The van der Waals surface area contributed by atoms with Crippen LogP contribution in [0.1, 0.15) is 34.0 Å². The molecule has 0 saturated heterocycles. The molecule has 0 bridgehead atoms. The highest BCUT2D eigenvalue weighted by atomic mass is 19.1. The Morgan fingerprint density at radius 1 is 1.16 bits per heavy atom. The number of amides is 1. The lowest BCUT2D eigenvalue weighted by Crippen LogP contribution is -2.20. The molecule has 3 heterocycles. The number of carboxylic acid groups (broad SMARTS) is 1. The van der Waals surface area contributed by atoms with Crippen LogP contribution >= 0.6 is 0 Å². The lowest BCUT2D eigenvalue weighted by Gasteiger charge is -2.22. The summed E-state index contributed by atoms with van der Waals surface area (Å²) < 4.78 is 20.2. The Labute approximate surface area is 218 Å². The SMILES string of the molecule is CCN1c2ncc(CCOc3ccc(/C=C/C(=O)O)c4ccccc34)cc2C(=O)Nc2c(C)cc(F)nc21. The van der Waals surface area contributed by atoms with Crippen molar-refractivity contribution >= 4 is 46.0 Å². The van der Waals surface area contributed by atoms with Gasteiger partial charge in [-0.1, -0.05) is 30.3 Å². The molecule has 0 spiro atoms. The monoisotopic (exact) mass is 512 g/mol. The highest BCUT2D eigenvalue weighted by molar-refractivity contribution is 6.12. The molecule has 0 aliphatic carbocycles. The molecule has 4 aromatic rings. The van der Waals surface area contributed by atoms with Gasteiger partial charge in [0.05, 0.1) is 17.9 Å². The van der Waals surface area contributed by atoms with Gasteiger partial charge < -0.3 is 20.1 Å². The van der Waals surface area contributed by atoms with Gasteiger partial charge in [-0.3, -0.25) is 4.79 Å². The van der Waals surface area contributed by atoms with Crippen LogP contribution in [0.3, 0.4) is 0 Å². The molecular weight excluding hydrogens is 487 g/mol. The number of hydrogen-bond acceptors (Lipinski definition) is 6. The topological polar surface area (TPSA) is 105 Å². The Bertz CT molecular complexity index is 1600. The number of rotatable bonds is 7. The maximum absolute atomic E-state index is 14.1. The molecule has 0 saturated carbocycles. The number of carboxylic acids is 1. The summed E-state index contributed by atoms with van der Waals surface area (Å²) in [6, 6.07) is 14.3. The number of fused-ring (bicyclic) bond motifs is 3. The van der Waals surface area contributed by atoms with Crippen molar-refractivity contribution < 1.29 is 23.8 Å². The van der Waals surface area contributed by atoms with Crippen molar-refractivity contribution in [2.24, 2.45) is 0 Å². The zero-order valence-electron chi connectivity index (χ0n) is 20.9. The summed E-state index contributed by atoms with van der Waals surface area (Å²) in [6.07, 6.45) is 4.85. The van der Waals surface area contributed by atoms with Gasteiger partial charge in [-0.2, -0.15) is 9.37 Å². The Hall–Kier alpha value is -4.79. The smallest absolute Gasteiger partial charge is 0.328 e. The minimum atomic E-state index is -1.01. The summed E-state index contributed by atoms with van der Waals surface area (Å²) in [6.45, 7) is 4.40. The molecule has 0 atom stereocenters. The summed E-state index contributed by atoms with van der Waals surface area (Å²) in [5.74, 6) is -0.549. The van der Waals surface area contributed by atoms with E-state index in [0.29, 0.717) is 53.8 Å². The van der Waals surface area contributed by atoms with Crippen LogP contribution in [0.25, 0.3) is 16.8 Å². The van der Waals surface area contributed by atoms with Gasteiger partial charge in [-0.25, -0.2) is 9.78 Å². The second-order valence-corrected chi connectivity index (χ2v) is 8.84. The van der Waals surface area contributed by atoms with E-state index in [2.05, 4.69) is 15.3 Å². The van der Waals surface area contributed by atoms with E-state index in [1.54, 1.807) is 30.2 Å². The van der Waals surface area contributed by atoms with Crippen LogP contribution in [0.15, 0.2) is 60.8 Å². The maximum Gasteiger partial charge on any atom is 0.328 e. The van der Waals surface area contributed by atoms with Crippen LogP contribution in [-0.4, -0.2) is 40.1 Å². The average Bonchev–Trinajstić information content (AvgIpc) is 3.01. The van der Waals surface area contributed by atoms with Gasteiger partial charge in [0, 0.05) is 30.6 Å². The molecule has 9 heteroatoms. The fraction of sp³-hybridized carbons (Fsp3) is 0.172. The first-order chi connectivity index (χ1) is 18.4. The molecule has 1 aliphatic heterocycles. The van der Waals surface area contributed by atoms with Gasteiger partial charge in [0.2, 0.25) is 5.95 Å². The predicted octanol–water partition coefficient (Wildman–Crippen LogP) is 5.52. The highest BCUT2D eigenvalue weighted by Crippen LogP contribution is 2.37. The molecule has 0 fully saturated rings. The third kappa shape index (κ3) is 4.78. The zero-order valence-corrected chi connectivity index (χ0v) is 20.9. The largest absolute Gasteiger partial charge is 0.493 e. The van der Waals surface area contributed by atoms with Crippen molar-refractivity contribution in [1.82, 2.24) is 9.97 Å². The van der Waals surface area contributed by atoms with Gasteiger partial charge in [-0.05, 0) is 60.2 Å². The molecule has 1 amide bonds. The molecule has 0 radical (unpaired) electrons. The van der Waals surface area contributed by atoms with E-state index < -0.39 is 11.9 Å². The second-order valence-electron chi connectivity index (χ2n) is 8.84. The highest BCUT2D eigenvalue weighted by Gasteiger charge is 2.28. The molecule has 8 nitrogen and oxygen atoms in total. The van der Waals surface area contributed by atoms with Crippen LogP contribution in [0, 0.1) is 12.9 Å². The number of aryl methyl sites for hydroxylation is 1. The van der Waals surface area contributed by atoms with Crippen molar-refractivity contribution in [3.63, 3.8) is 0 Å². The number of halogens is 1. The summed E-state index contributed by atoms with van der Waals surface area (Å²) in [4.78, 5) is 34.4. The molecule has 1 aliphatic rings. The Morgan fingerprint density at radius 3 is 2.71 bits per heavy atom. The van der Waals surface area contributed by atoms with E-state index in [4.69, 9.17) is 9.84 Å². The number of aliphatic carboxylic acids is 1. The number of hydrogen-bond donors (Lipinski definition) is 2. The fourth-order valence-electron chi connectivity index (χ4n) is 4.57. The number of benzene rings is 2. The van der Waals surface area contributed by atoms with E-state index in [1.807, 2.05) is 43.3 Å². The molecular formula is C29H25FN4O4. The van der Waals surface area contributed by atoms with E-state index in [-0.39, 0.29) is 5.91 Å². The van der Waals surface area contributed by atoms with Crippen LogP contribution < -0.4 is 15.0 Å². The van der Waals surface area contributed by atoms with Crippen molar-refractivity contribution in [3.8, 4) is 5.75 Å². The number of anilines is 3. The number of carbonyl (C=O) groups excluding carboxylic acids is 1. The molecule has 5 rings (SSSR count). The van der Waals surface area contributed by atoms with Crippen molar-refractivity contribution in [3.05, 3.63) is 89.0 Å². The summed E-state index contributed by atoms with van der Waals surface area (Å²) >= 11 is 0. The van der Waals surface area contributed by atoms with Crippen LogP contribution in [0.5, 0.6) is 5.75 Å². The van der Waals surface area contributed by atoms with Crippen molar-refractivity contribution in [2.45, 2.75) is 20.3 Å². The maximum atomic E-state index is 14.1. The van der Waals surface area contributed by atoms with E-state index in [9.17, 15) is 14.0 Å². The van der Waals surface area contributed by atoms with Gasteiger partial charge >= 0.3 is 5.97 Å². The number of nitrogens with one attached hydrogen (secondary N) is 1. The number of pyridine rings is 2. The fourth-order valence-corrected chi connectivity index (χ4v) is 4.57. The van der Waals surface area contributed by atoms with E-state index >= 15 is 0 Å². The van der Waals surface area contributed by atoms with E-state index in [1.165, 1.54) is 6.07 Å². The van der Waals surface area contributed by atoms with Crippen LogP contribution in [-0.2, 0) is 11.2 Å². The van der Waals surface area contributed by atoms with Gasteiger partial charge in [0.15, 0.2) is 5.82 Å². The standard InChI is InChI=1S/C29H25FN4O4/c1-3-34-27-22(29(37)33-26-17(2)14-24(30)32-28(26)34)15-18(16-31-27)12-13-38-23-10-8-19(9-11-25(35)36)20-6-4-5-7-21(20)23/h4-11,14-16H,3,12-13H2,1-2H3,(H,33,37)(H,35,36)/b11-9+. The number of carbonyl (C=O) groups is 2. The van der Waals surface area contributed by atoms with Gasteiger partial charge in [-0.15, -0.1) is 0 Å². The predicted molar refractivity (Wildman–Crippen MR) is 144 cm³/mol. The van der Waals surface area contributed by atoms with E-state index in [0.717, 1.165) is 28.0 Å². The molecule has 2 aromatic heterocycles. The molecule has 192 valence electrons. The third-order valence-corrected chi connectivity index (χ3v) is 6.37. The first-order valence-corrected chi connectivity index (χ1v) is 12.2. The molecule has 0 unspecified atom stereocenters. The molecule has 38 heavy (non-hydrogen) atoms. The molecule has 2 N–H and O–H groups in total. The minimum absolute atomic E-state index is 0.328. The Kier molecular flexibility index (Phi) is 6.74. The lowest BCUT2D eigenvalue weighted by atomic mass is 10.0. The number of ether oxygens (including phenoxy) is 1. The summed E-state index contributed by atoms with van der Waals surface area (Å²) in [5, 5.41) is 13.6. The second kappa shape index (κ2) is 10.3. The lowest BCUT2D eigenvalue weighted by molar-refractivity contribution is -0.131. The van der Waals surface area contributed by atoms with Gasteiger partial charge in [0.1, 0.15) is 11.6 Å². The molecule has 2 aromatic carbocycles. The number of aromatic nitrogens is 2. The average molecular weight is 513 g/mol. The Balaban J connectivity index is 1.38. The van der Waals surface area contributed by atoms with Crippen LogP contribution in [0.4, 0.5) is 21.7 Å². The first-order valence-electron chi connectivity index (χ1n) is 12.2. The van der Waals surface area contributed by atoms with Gasteiger partial charge in [0.25, 0.3) is 5.91 Å². The Morgan fingerprint density at radius 2 is 1.95 bits per heavy atom. The summed E-state index contributed by atoms with van der Waals surface area (Å²) in [7, 11) is 0. The normalized spacial score (nSPS) is 12.7. The quantitative estimate of drug-likeness (QED) is 0.248. The first kappa shape index (κ1) is 24.9. The summed E-state index contributed by atoms with van der Waals surface area (Å²) in [5.41, 5.74) is 3.01. The number of nitrogens with zero attached hydrogens (tertiary/aromatic N) is 3.